The van der Waals surface area contributed by atoms with Gasteiger partial charge < -0.3 is 44.8 Å². The number of carboxylic acid groups (broad SMARTS) is 3. The van der Waals surface area contributed by atoms with Crippen LogP contribution in [0.25, 0.3) is 66.8 Å². The number of allylic oxidation sites excluding steroid dienone is 2. The Bertz CT molecular complexity index is 3670. The van der Waals surface area contributed by atoms with Crippen molar-refractivity contribution in [2.24, 2.45) is 4.99 Å². The van der Waals surface area contributed by atoms with E-state index in [0.717, 1.165) is 17.8 Å². The molecule has 6 N–H and O–H groups in total. The number of anilines is 1. The van der Waals surface area contributed by atoms with Gasteiger partial charge in [0.15, 0.2) is 5.43 Å². The Labute approximate surface area is 412 Å². The van der Waals surface area contributed by atoms with Gasteiger partial charge in [0, 0.05) is 95.7 Å². The highest BCUT2D eigenvalue weighted by atomic mass is 35.5. The van der Waals surface area contributed by atoms with Gasteiger partial charge >= 0.3 is 17.9 Å². The van der Waals surface area contributed by atoms with Crippen molar-refractivity contribution in [3.63, 3.8) is 0 Å². The Hall–Kier alpha value is -8.73. The number of hydrogen-bond donors (Lipinski definition) is 6. The molecular formula is C53H40Cl2N4O12. The molecule has 8 rings (SSSR count). The maximum atomic E-state index is 13.5. The molecule has 0 fully saturated rings. The van der Waals surface area contributed by atoms with Gasteiger partial charge in [-0.1, -0.05) is 47.5 Å². The first-order chi connectivity index (χ1) is 34.0. The van der Waals surface area contributed by atoms with E-state index in [2.05, 4.69) is 15.6 Å². The fourth-order valence-corrected chi connectivity index (χ4v) is 8.83. The van der Waals surface area contributed by atoms with Crippen molar-refractivity contribution in [2.45, 2.75) is 13.5 Å². The second-order valence-corrected chi connectivity index (χ2v) is 16.9. The standard InChI is InChI=1S/C53H40Cl2N4O12/c1-4-56-27-10-14-32-40(21-27)70-41-22-28(59(2)3)11-15-33(41)45(32)46-38(54)24-36(48(55)47(46)53(68)69)50(63)57-19-7-5-6-8-43(62)58-25-37-39(61)18-17-34-44(31-16-12-29(60)23-42(31)71-49(34)37)30-13-9-26(51(64)65)20-35(30)52(66)67/h5-18,20-24,60H,4,19,25H2,1-3H3,(H,57,63)(H,58,62)(H,64,65)(H,66,67)(H,68,69)/b7-5+,8-6+,56-27?. The van der Waals surface area contributed by atoms with Crippen LogP contribution in [0.3, 0.4) is 0 Å². The molecule has 2 aliphatic heterocycles. The molecule has 0 saturated carbocycles. The minimum Gasteiger partial charge on any atom is -0.508 e. The molecule has 4 aromatic rings. The molecule has 18 heteroatoms. The van der Waals surface area contributed by atoms with Crippen molar-refractivity contribution < 1.29 is 53.2 Å². The molecule has 71 heavy (non-hydrogen) atoms. The molecule has 0 aromatic heterocycles. The number of aromatic hydroxyl groups is 1. The first-order valence-corrected chi connectivity index (χ1v) is 22.4. The van der Waals surface area contributed by atoms with Crippen LogP contribution in [0.2, 0.25) is 10.0 Å². The second kappa shape index (κ2) is 20.1. The van der Waals surface area contributed by atoms with Gasteiger partial charge in [0.1, 0.15) is 28.4 Å². The Balaban J connectivity index is 1.00. The smallest absolute Gasteiger partial charge is 0.337 e. The molecule has 2 amide bonds. The number of nitrogens with one attached hydrogen (secondary N) is 2. The molecule has 4 aliphatic rings. The first-order valence-electron chi connectivity index (χ1n) is 21.6. The van der Waals surface area contributed by atoms with Gasteiger partial charge in [0.25, 0.3) is 5.91 Å². The van der Waals surface area contributed by atoms with Gasteiger partial charge in [0.2, 0.25) is 5.91 Å². The lowest BCUT2D eigenvalue weighted by Crippen LogP contribution is -2.25. The molecule has 4 aromatic carbocycles. The number of nitrogens with zero attached hydrogens (tertiary/aromatic N) is 2. The summed E-state index contributed by atoms with van der Waals surface area (Å²) in [7, 11) is 3.75. The third-order valence-electron chi connectivity index (χ3n) is 11.5. The predicted octanol–water partition coefficient (Wildman–Crippen LogP) is 9.34. The van der Waals surface area contributed by atoms with Crippen LogP contribution in [-0.2, 0) is 11.3 Å². The van der Waals surface area contributed by atoms with E-state index in [1.807, 2.05) is 38.1 Å². The molecule has 0 saturated heterocycles. The number of phenols is 1. The number of aromatic carboxylic acids is 3. The van der Waals surface area contributed by atoms with Crippen molar-refractivity contribution in [2.75, 3.05) is 32.1 Å². The van der Waals surface area contributed by atoms with Gasteiger partial charge in [-0.15, -0.1) is 0 Å². The summed E-state index contributed by atoms with van der Waals surface area (Å²) in [5, 5.41) is 47.0. The number of rotatable bonds is 14. The van der Waals surface area contributed by atoms with E-state index in [4.69, 9.17) is 32.0 Å². The van der Waals surface area contributed by atoms with E-state index in [0.29, 0.717) is 45.1 Å². The van der Waals surface area contributed by atoms with Gasteiger partial charge in [0.05, 0.1) is 49.8 Å². The van der Waals surface area contributed by atoms with E-state index in [9.17, 15) is 49.2 Å². The summed E-state index contributed by atoms with van der Waals surface area (Å²) in [6.45, 7) is 2.01. The highest BCUT2D eigenvalue weighted by Crippen LogP contribution is 2.47. The first kappa shape index (κ1) is 48.7. The lowest BCUT2D eigenvalue weighted by molar-refractivity contribution is -0.116. The van der Waals surface area contributed by atoms with Crippen molar-refractivity contribution in [3.05, 3.63) is 169 Å². The minimum absolute atomic E-state index is 0.00258. The summed E-state index contributed by atoms with van der Waals surface area (Å²) in [5.74, 6) is -5.29. The average Bonchev–Trinajstić information content (AvgIpc) is 3.33. The molecule has 358 valence electrons. The topological polar surface area (TPSA) is 249 Å². The molecule has 2 aliphatic carbocycles. The minimum atomic E-state index is -1.42. The van der Waals surface area contributed by atoms with E-state index in [1.165, 1.54) is 66.8 Å². The van der Waals surface area contributed by atoms with Gasteiger partial charge in [-0.05, 0) is 79.2 Å². The zero-order valence-corrected chi connectivity index (χ0v) is 39.3. The molecule has 2 heterocycles. The summed E-state index contributed by atoms with van der Waals surface area (Å²) in [4.78, 5) is 83.3. The number of carbonyl (C=O) groups is 5. The number of benzene rings is 6. The van der Waals surface area contributed by atoms with Crippen LogP contribution in [0.5, 0.6) is 5.75 Å². The third kappa shape index (κ3) is 9.66. The van der Waals surface area contributed by atoms with Gasteiger partial charge in [-0.2, -0.15) is 0 Å². The molecule has 0 atom stereocenters. The largest absolute Gasteiger partial charge is 0.508 e. The van der Waals surface area contributed by atoms with Crippen LogP contribution in [0.1, 0.15) is 53.9 Å². The van der Waals surface area contributed by atoms with Crippen LogP contribution in [0.4, 0.5) is 5.69 Å². The van der Waals surface area contributed by atoms with Crippen LogP contribution < -0.4 is 26.3 Å². The Morgan fingerprint density at radius 1 is 0.718 bits per heavy atom. The SMILES string of the molecule is CCN=c1ccc2c(-c3c(Cl)cc(C(=O)NC/C=C/C=C/C(=O)NCc4c5oc6cc(O)ccc6c(-c6ccc(C(=O)O)cc6C(=O)O)c-5ccc4=O)c(Cl)c3C(=O)O)c3ccc(N(C)C)cc3oc-2c1. The van der Waals surface area contributed by atoms with Crippen LogP contribution in [0, 0.1) is 0 Å². The summed E-state index contributed by atoms with van der Waals surface area (Å²) >= 11 is 13.7. The monoisotopic (exact) mass is 994 g/mol. The predicted molar refractivity (Wildman–Crippen MR) is 268 cm³/mol. The van der Waals surface area contributed by atoms with E-state index in [1.54, 1.807) is 24.3 Å². The number of amides is 2. The zero-order valence-electron chi connectivity index (χ0n) is 37.8. The Morgan fingerprint density at radius 2 is 1.44 bits per heavy atom. The Morgan fingerprint density at radius 3 is 2.15 bits per heavy atom. The van der Waals surface area contributed by atoms with Gasteiger partial charge in [-0.25, -0.2) is 14.4 Å². The number of carbonyl (C=O) groups excluding carboxylic acids is 2. The fraction of sp³-hybridized carbons (Fsp3) is 0.113. The number of halogens is 2. The number of phenolic OH excluding ortho intramolecular Hbond substituents is 1. The fourth-order valence-electron chi connectivity index (χ4n) is 8.21. The molecule has 0 spiro atoms. The maximum absolute atomic E-state index is 13.5. The number of carboxylic acids is 3. The van der Waals surface area contributed by atoms with Crippen LogP contribution >= 0.6 is 23.2 Å². The summed E-state index contributed by atoms with van der Waals surface area (Å²) in [6.07, 6.45) is 5.50. The molecule has 0 bridgehead atoms. The summed E-state index contributed by atoms with van der Waals surface area (Å²) in [5.41, 5.74) is 1.41. The molecular weight excluding hydrogens is 956 g/mol. The highest BCUT2D eigenvalue weighted by molar-refractivity contribution is 6.41. The van der Waals surface area contributed by atoms with Crippen molar-refractivity contribution in [1.82, 2.24) is 10.6 Å². The van der Waals surface area contributed by atoms with Crippen molar-refractivity contribution >= 4 is 80.6 Å². The zero-order chi connectivity index (χ0) is 50.8. The number of hydrogen-bond acceptors (Lipinski definition) is 11. The van der Waals surface area contributed by atoms with Crippen molar-refractivity contribution in [3.8, 4) is 50.7 Å². The van der Waals surface area contributed by atoms with E-state index < -0.39 is 40.7 Å². The van der Waals surface area contributed by atoms with Crippen LogP contribution in [0.15, 0.2) is 134 Å². The summed E-state index contributed by atoms with van der Waals surface area (Å²) < 4.78 is 12.5. The highest BCUT2D eigenvalue weighted by Gasteiger charge is 2.30. The lowest BCUT2D eigenvalue weighted by atomic mass is 9.88. The summed E-state index contributed by atoms with van der Waals surface area (Å²) in [6, 6.07) is 22.5. The number of fused-ring (bicyclic) bond motifs is 4. The van der Waals surface area contributed by atoms with Crippen molar-refractivity contribution in [1.29, 1.82) is 0 Å². The average molecular weight is 996 g/mol. The van der Waals surface area contributed by atoms with Gasteiger partial charge in [-0.3, -0.25) is 19.4 Å². The Kier molecular flexibility index (Phi) is 13.8. The normalized spacial score (nSPS) is 11.9. The van der Waals surface area contributed by atoms with Crippen LogP contribution in [-0.4, -0.2) is 77.3 Å². The molecule has 16 nitrogen and oxygen atoms in total. The van der Waals surface area contributed by atoms with E-state index in [-0.39, 0.29) is 84.7 Å². The molecule has 0 radical (unpaired) electrons. The molecule has 0 unspecified atom stereocenters. The lowest BCUT2D eigenvalue weighted by Gasteiger charge is -2.21. The second-order valence-electron chi connectivity index (χ2n) is 16.1. The maximum Gasteiger partial charge on any atom is 0.337 e. The van der Waals surface area contributed by atoms with E-state index >= 15 is 0 Å². The quantitative estimate of drug-likeness (QED) is 0.0338. The third-order valence-corrected chi connectivity index (χ3v) is 12.2.